The maximum absolute atomic E-state index is 11.8. The third-order valence-electron chi connectivity index (χ3n) is 6.25. The Balaban J connectivity index is 0.00000148. The van der Waals surface area contributed by atoms with Crippen LogP contribution in [-0.2, 0) is 21.3 Å². The number of benzene rings is 1. The van der Waals surface area contributed by atoms with E-state index in [4.69, 9.17) is 14.7 Å². The molecule has 3 aromatic rings. The third-order valence-corrected chi connectivity index (χ3v) is 8.58. The number of anilines is 1. The van der Waals surface area contributed by atoms with Crippen molar-refractivity contribution >= 4 is 37.5 Å². The van der Waals surface area contributed by atoms with Gasteiger partial charge in [-0.05, 0) is 17.5 Å². The van der Waals surface area contributed by atoms with E-state index in [9.17, 15) is 13.7 Å². The molecule has 5 rings (SSSR count). The zero-order chi connectivity index (χ0) is 25.7. The van der Waals surface area contributed by atoms with Gasteiger partial charge in [0.2, 0.25) is 16.0 Å². The highest BCUT2D eigenvalue weighted by Crippen LogP contribution is 2.35. The maximum atomic E-state index is 11.8. The Morgan fingerprint density at radius 2 is 1.69 bits per heavy atom. The van der Waals surface area contributed by atoms with Crippen LogP contribution in [0.4, 0.5) is 5.95 Å². The molecule has 0 atom stereocenters. The Bertz CT molecular complexity index is 1320. The summed E-state index contributed by atoms with van der Waals surface area (Å²) in [4.78, 5) is 14.4. The number of nitrogens with zero attached hydrogens (tertiary/aromatic N) is 6. The zero-order valence-corrected chi connectivity index (χ0v) is 22.6. The van der Waals surface area contributed by atoms with Gasteiger partial charge in [0.1, 0.15) is 0 Å². The molecule has 36 heavy (non-hydrogen) atoms. The van der Waals surface area contributed by atoms with Gasteiger partial charge < -0.3 is 9.64 Å². The second kappa shape index (κ2) is 11.6. The molecule has 9 nitrogen and oxygen atoms in total. The fraction of sp³-hybridized carbons (Fsp3) is 0.480. The minimum atomic E-state index is -3.15. The van der Waals surface area contributed by atoms with Crippen molar-refractivity contribution in [3.8, 4) is 17.3 Å². The smallest absolute Gasteiger partial charge is 0.226 e. The zero-order valence-electron chi connectivity index (χ0n) is 21.0. The standard InChI is InChI=1S/C23H26N6O3S2.C2H6/c1-34(30,31)29-8-6-27(7-9-29)15-19-16-33-22-20(18-4-2-17(14-24)3-5-18)25-23(26-21(19)22)28-10-12-32-13-11-28;1-2/h2-5,16H,6-13,15H2,1H3;1-2H3. The van der Waals surface area contributed by atoms with Crippen LogP contribution < -0.4 is 4.90 Å². The molecule has 0 aliphatic carbocycles. The van der Waals surface area contributed by atoms with E-state index >= 15 is 0 Å². The first-order valence-corrected chi connectivity index (χ1v) is 14.9. The SMILES string of the molecule is CC.CS(=O)(=O)N1CCN(Cc2csc3c(-c4ccc(C#N)cc4)nc(N4CCOCC4)nc23)CC1. The number of hydrogen-bond donors (Lipinski definition) is 0. The van der Waals surface area contributed by atoms with Crippen molar-refractivity contribution in [3.05, 3.63) is 40.8 Å². The van der Waals surface area contributed by atoms with E-state index in [0.29, 0.717) is 57.4 Å². The first-order valence-electron chi connectivity index (χ1n) is 12.2. The lowest BCUT2D eigenvalue weighted by Gasteiger charge is -2.33. The van der Waals surface area contributed by atoms with E-state index < -0.39 is 10.0 Å². The van der Waals surface area contributed by atoms with Crippen LogP contribution in [0.1, 0.15) is 25.0 Å². The summed E-state index contributed by atoms with van der Waals surface area (Å²) in [5.41, 5.74) is 4.50. The number of nitriles is 1. The summed E-state index contributed by atoms with van der Waals surface area (Å²) in [6.45, 7) is 9.88. The monoisotopic (exact) mass is 528 g/mol. The molecule has 0 N–H and O–H groups in total. The van der Waals surface area contributed by atoms with Crippen LogP contribution in [0, 0.1) is 11.3 Å². The molecule has 2 aliphatic rings. The van der Waals surface area contributed by atoms with Crippen LogP contribution in [0.15, 0.2) is 29.6 Å². The number of fused-ring (bicyclic) bond motifs is 1. The second-order valence-corrected chi connectivity index (χ2v) is 11.4. The van der Waals surface area contributed by atoms with Gasteiger partial charge in [0.25, 0.3) is 0 Å². The summed E-state index contributed by atoms with van der Waals surface area (Å²) in [6, 6.07) is 9.67. The average molecular weight is 529 g/mol. The molecule has 2 aliphatic heterocycles. The molecule has 4 heterocycles. The van der Waals surface area contributed by atoms with Gasteiger partial charge >= 0.3 is 0 Å². The van der Waals surface area contributed by atoms with Gasteiger partial charge in [-0.3, -0.25) is 4.90 Å². The summed E-state index contributed by atoms with van der Waals surface area (Å²) in [7, 11) is -3.15. The first kappa shape index (κ1) is 26.4. The Kier molecular flexibility index (Phi) is 8.54. The van der Waals surface area contributed by atoms with Crippen molar-refractivity contribution in [1.29, 1.82) is 5.26 Å². The summed E-state index contributed by atoms with van der Waals surface area (Å²) in [5.74, 6) is 0.691. The van der Waals surface area contributed by atoms with Crippen LogP contribution in [0.5, 0.6) is 0 Å². The molecule has 11 heteroatoms. The van der Waals surface area contributed by atoms with E-state index in [1.54, 1.807) is 11.3 Å². The number of rotatable bonds is 5. The van der Waals surface area contributed by atoms with Crippen molar-refractivity contribution in [2.75, 3.05) is 63.6 Å². The number of aromatic nitrogens is 2. The molecular formula is C25H32N6O3S2. The number of hydrogen-bond acceptors (Lipinski definition) is 9. The summed E-state index contributed by atoms with van der Waals surface area (Å²) >= 11 is 1.63. The summed E-state index contributed by atoms with van der Waals surface area (Å²) < 4.78 is 31.8. The lowest BCUT2D eigenvalue weighted by atomic mass is 10.1. The lowest BCUT2D eigenvalue weighted by Crippen LogP contribution is -2.47. The normalized spacial score (nSPS) is 17.4. The number of morpholine rings is 1. The molecule has 0 saturated carbocycles. The van der Waals surface area contributed by atoms with Gasteiger partial charge in [-0.2, -0.15) is 9.57 Å². The summed E-state index contributed by atoms with van der Waals surface area (Å²) in [5, 5.41) is 11.3. The molecule has 2 aromatic heterocycles. The quantitative estimate of drug-likeness (QED) is 0.498. The first-order chi connectivity index (χ1) is 17.4. The summed E-state index contributed by atoms with van der Waals surface area (Å²) in [6.07, 6.45) is 1.27. The van der Waals surface area contributed by atoms with Gasteiger partial charge in [0.05, 0.1) is 47.0 Å². The fourth-order valence-corrected chi connectivity index (χ4v) is 6.17. The number of ether oxygens (including phenoxy) is 1. The molecule has 1 aromatic carbocycles. The Morgan fingerprint density at radius 3 is 2.31 bits per heavy atom. The highest BCUT2D eigenvalue weighted by molar-refractivity contribution is 7.88. The average Bonchev–Trinajstić information content (AvgIpc) is 3.32. The van der Waals surface area contributed by atoms with Gasteiger partial charge in [-0.15, -0.1) is 11.3 Å². The number of sulfonamides is 1. The van der Waals surface area contributed by atoms with Crippen molar-refractivity contribution in [3.63, 3.8) is 0 Å². The molecule has 0 unspecified atom stereocenters. The van der Waals surface area contributed by atoms with Crippen LogP contribution in [0.3, 0.4) is 0 Å². The van der Waals surface area contributed by atoms with Crippen molar-refractivity contribution in [1.82, 2.24) is 19.2 Å². The van der Waals surface area contributed by atoms with Gasteiger partial charge in [0, 0.05) is 56.9 Å². The maximum Gasteiger partial charge on any atom is 0.226 e. The van der Waals surface area contributed by atoms with E-state index in [0.717, 1.165) is 40.1 Å². The molecule has 192 valence electrons. The van der Waals surface area contributed by atoms with Crippen LogP contribution in [-0.4, -0.2) is 86.3 Å². The highest BCUT2D eigenvalue weighted by Gasteiger charge is 2.25. The molecule has 0 spiro atoms. The molecule has 0 radical (unpaired) electrons. The highest BCUT2D eigenvalue weighted by atomic mass is 32.2. The molecular weight excluding hydrogens is 496 g/mol. The van der Waals surface area contributed by atoms with Crippen LogP contribution >= 0.6 is 11.3 Å². The topological polar surface area (TPSA) is 103 Å². The van der Waals surface area contributed by atoms with Crippen molar-refractivity contribution in [2.24, 2.45) is 0 Å². The largest absolute Gasteiger partial charge is 0.378 e. The number of thiophene rings is 1. The minimum Gasteiger partial charge on any atom is -0.378 e. The van der Waals surface area contributed by atoms with E-state index in [2.05, 4.69) is 21.2 Å². The van der Waals surface area contributed by atoms with E-state index in [-0.39, 0.29) is 0 Å². The minimum absolute atomic E-state index is 0.505. The van der Waals surface area contributed by atoms with Gasteiger partial charge in [-0.1, -0.05) is 26.0 Å². The molecule has 2 fully saturated rings. The van der Waals surface area contributed by atoms with Gasteiger partial charge in [0.15, 0.2) is 0 Å². The third kappa shape index (κ3) is 5.85. The molecule has 2 saturated heterocycles. The second-order valence-electron chi connectivity index (χ2n) is 8.54. The number of piperazine rings is 1. The van der Waals surface area contributed by atoms with Gasteiger partial charge in [-0.25, -0.2) is 18.4 Å². The predicted molar refractivity (Wildman–Crippen MR) is 144 cm³/mol. The van der Waals surface area contributed by atoms with Crippen LogP contribution in [0.25, 0.3) is 21.5 Å². The van der Waals surface area contributed by atoms with Crippen LogP contribution in [0.2, 0.25) is 0 Å². The Hall–Kier alpha value is -2.62. The molecule has 0 bridgehead atoms. The van der Waals surface area contributed by atoms with Crippen molar-refractivity contribution in [2.45, 2.75) is 20.4 Å². The molecule has 0 amide bonds. The lowest BCUT2D eigenvalue weighted by molar-refractivity contribution is 0.122. The fourth-order valence-electron chi connectivity index (χ4n) is 4.33. The Labute approximate surface area is 217 Å². The Morgan fingerprint density at radius 1 is 1.03 bits per heavy atom. The van der Waals surface area contributed by atoms with E-state index in [1.807, 2.05) is 38.1 Å². The van der Waals surface area contributed by atoms with Crippen molar-refractivity contribution < 1.29 is 13.2 Å². The van der Waals surface area contributed by atoms with E-state index in [1.165, 1.54) is 10.6 Å². The predicted octanol–water partition coefficient (Wildman–Crippen LogP) is 3.17.